The molecule has 0 rings (SSSR count). The molecule has 0 spiro atoms. The van der Waals surface area contributed by atoms with Gasteiger partial charge in [0, 0.05) is 33.0 Å². The molecule has 0 atom stereocenters. The van der Waals surface area contributed by atoms with Gasteiger partial charge in [-0.25, -0.2) is 0 Å². The molecule has 0 aliphatic carbocycles. The van der Waals surface area contributed by atoms with E-state index < -0.39 is 26.7 Å². The zero-order valence-electron chi connectivity index (χ0n) is 5.99. The Morgan fingerprint density at radius 1 is 0.643 bits per heavy atom. The van der Waals surface area contributed by atoms with Crippen LogP contribution in [0.5, 0.6) is 0 Å². The van der Waals surface area contributed by atoms with Gasteiger partial charge in [0.2, 0.25) is 0 Å². The quantitative estimate of drug-likeness (QED) is 0.349. The van der Waals surface area contributed by atoms with Crippen molar-refractivity contribution >= 4 is 0 Å². The zero-order valence-corrected chi connectivity index (χ0v) is 11.4. The van der Waals surface area contributed by atoms with Gasteiger partial charge in [0.25, 0.3) is 0 Å². The van der Waals surface area contributed by atoms with Crippen molar-refractivity contribution in [3.63, 3.8) is 0 Å². The Kier molecular flexibility index (Phi) is 39.0. The van der Waals surface area contributed by atoms with Gasteiger partial charge in [-0.2, -0.15) is 0 Å². The van der Waals surface area contributed by atoms with Crippen molar-refractivity contribution in [3.8, 4) is 0 Å². The number of rotatable bonds is 0. The van der Waals surface area contributed by atoms with Crippen molar-refractivity contribution < 1.29 is 127 Å². The molecule has 14 heavy (non-hydrogen) atoms. The van der Waals surface area contributed by atoms with Gasteiger partial charge in [-0.1, -0.05) is 0 Å². The van der Waals surface area contributed by atoms with Gasteiger partial charge < -0.3 is 0 Å². The zero-order chi connectivity index (χ0) is 9.00. The van der Waals surface area contributed by atoms with E-state index in [1.807, 2.05) is 0 Å². The fourth-order valence-corrected chi connectivity index (χ4v) is 0. The molecule has 0 aromatic rings. The monoisotopic (exact) mass is 420 g/mol. The van der Waals surface area contributed by atoms with Gasteiger partial charge in [0.05, 0.1) is 0 Å². The van der Waals surface area contributed by atoms with Gasteiger partial charge in [0.1, 0.15) is 0 Å². The van der Waals surface area contributed by atoms with Crippen molar-refractivity contribution in [2.45, 2.75) is 0 Å². The Labute approximate surface area is 126 Å². The Hall–Kier alpha value is 2.17. The molecule has 0 N–H and O–H groups in total. The van der Waals surface area contributed by atoms with Crippen molar-refractivity contribution in [2.24, 2.45) is 0 Å². The van der Waals surface area contributed by atoms with Crippen LogP contribution in [0.15, 0.2) is 0 Å². The second-order valence-corrected chi connectivity index (χ2v) is 3.12. The molecular formula is CoLiMn2Ni2O8-. The molecule has 0 saturated heterocycles. The third kappa shape index (κ3) is 522. The first-order valence-corrected chi connectivity index (χ1v) is 5.09. The summed E-state index contributed by atoms with van der Waals surface area (Å²) in [5.74, 6) is 0. The first-order chi connectivity index (χ1) is 4.00. The summed E-state index contributed by atoms with van der Waals surface area (Å²) in [6.07, 6.45) is 0. The Morgan fingerprint density at radius 3 is 0.643 bits per heavy atom. The standard InChI is InChI=1S/Co.Li.2Mn.2Ni.8O/q+2;+1;;;;;;;;;4*-1. The van der Waals surface area contributed by atoms with Crippen LogP contribution in [-0.2, 0) is 91.8 Å². The number of hydrogen-bond donors (Lipinski definition) is 0. The first kappa shape index (κ1) is 36.0. The van der Waals surface area contributed by atoms with Crippen LogP contribution in [0, 0.1) is 0 Å². The third-order valence-corrected chi connectivity index (χ3v) is 0. The summed E-state index contributed by atoms with van der Waals surface area (Å²) in [5.41, 5.74) is 0. The minimum absolute atomic E-state index is 0. The van der Waals surface area contributed by atoms with Crippen LogP contribution in [0.3, 0.4) is 0 Å². The van der Waals surface area contributed by atoms with Crippen LogP contribution in [-0.4, -0.2) is 0 Å². The Bertz CT molecular complexity index is 222. The minimum atomic E-state index is -5.62. The summed E-state index contributed by atoms with van der Waals surface area (Å²) in [6.45, 7) is 0. The van der Waals surface area contributed by atoms with E-state index in [9.17, 15) is 0 Å². The molecule has 0 aliphatic rings. The Morgan fingerprint density at radius 2 is 0.643 bits per heavy atom. The topological polar surface area (TPSA) is 161 Å². The summed E-state index contributed by atoms with van der Waals surface area (Å²) in [7, 11) is 0. The summed E-state index contributed by atoms with van der Waals surface area (Å²) in [5, 5.41) is 0. The third-order valence-electron chi connectivity index (χ3n) is 0. The van der Waals surface area contributed by atoms with E-state index in [0.717, 1.165) is 0 Å². The molecule has 14 heteroatoms. The molecule has 0 bridgehead atoms. The van der Waals surface area contributed by atoms with Crippen LogP contribution < -0.4 is 35.6 Å². The molecule has 0 aromatic carbocycles. The molecule has 1 radical (unpaired) electrons. The van der Waals surface area contributed by atoms with Gasteiger partial charge in [0.15, 0.2) is 0 Å². The summed E-state index contributed by atoms with van der Waals surface area (Å²) in [4.78, 5) is 0. The first-order valence-electron chi connectivity index (χ1n) is 1.23. The van der Waals surface area contributed by atoms with Crippen LogP contribution in [0.4, 0.5) is 0 Å². The number of hydrogen-bond acceptors (Lipinski definition) is 8. The SMILES string of the molecule is [Co+2].[Li+].[Ni].[Ni].[O]=[Mn](=[O])([O-])[O-].[O]=[Mn](=[O])([O-])[O-]. The maximum absolute atomic E-state index is 8.58. The molecule has 0 amide bonds. The van der Waals surface area contributed by atoms with Crippen molar-refractivity contribution in [3.05, 3.63) is 0 Å². The van der Waals surface area contributed by atoms with Gasteiger partial charge in [-0.3, -0.25) is 0 Å². The van der Waals surface area contributed by atoms with E-state index in [-0.39, 0.29) is 68.6 Å². The molecule has 8 nitrogen and oxygen atoms in total. The molecule has 0 heterocycles. The predicted octanol–water partition coefficient (Wildman–Crippen LogP) is -8.24. The van der Waals surface area contributed by atoms with E-state index in [1.54, 1.807) is 0 Å². The molecule has 93 valence electrons. The molecular weight excluding hydrogens is 421 g/mol. The molecule has 0 unspecified atom stereocenters. The second kappa shape index (κ2) is 15.2. The average Bonchev–Trinajstić information content (AvgIpc) is 1.12. The Balaban J connectivity index is -0.0000000178. The molecule has 0 fully saturated rings. The van der Waals surface area contributed by atoms with Crippen LogP contribution in [0.1, 0.15) is 0 Å². The van der Waals surface area contributed by atoms with E-state index in [4.69, 9.17) is 32.1 Å². The fraction of sp³-hybridized carbons (Fsp3) is 0. The van der Waals surface area contributed by atoms with Crippen molar-refractivity contribution in [1.29, 1.82) is 0 Å². The van der Waals surface area contributed by atoms with Gasteiger partial charge in [-0.05, 0) is 0 Å². The van der Waals surface area contributed by atoms with Gasteiger partial charge in [-0.15, -0.1) is 0 Å². The van der Waals surface area contributed by atoms with Gasteiger partial charge >= 0.3 is 94.5 Å². The molecule has 0 saturated carbocycles. The normalized spacial score (nSPS) is 8.29. The van der Waals surface area contributed by atoms with E-state index in [0.29, 0.717) is 0 Å². The van der Waals surface area contributed by atoms with Crippen LogP contribution >= 0.6 is 0 Å². The summed E-state index contributed by atoms with van der Waals surface area (Å²) >= 11 is -11.2. The fourth-order valence-electron chi connectivity index (χ4n) is 0. The average molecular weight is 421 g/mol. The van der Waals surface area contributed by atoms with Crippen molar-refractivity contribution in [1.82, 2.24) is 0 Å². The molecule has 0 aromatic heterocycles. The summed E-state index contributed by atoms with van der Waals surface area (Å²) in [6, 6.07) is 0. The van der Waals surface area contributed by atoms with E-state index in [2.05, 4.69) is 0 Å². The van der Waals surface area contributed by atoms with Crippen molar-refractivity contribution in [2.75, 3.05) is 0 Å². The molecule has 0 aliphatic heterocycles. The van der Waals surface area contributed by atoms with Crippen LogP contribution in [0.25, 0.3) is 0 Å². The van der Waals surface area contributed by atoms with E-state index >= 15 is 0 Å². The van der Waals surface area contributed by atoms with Crippen LogP contribution in [0.2, 0.25) is 0 Å². The maximum atomic E-state index is 8.58. The second-order valence-electron chi connectivity index (χ2n) is 0.756. The predicted molar refractivity (Wildman–Crippen MR) is 2.75 cm³/mol. The summed E-state index contributed by atoms with van der Waals surface area (Å²) < 4.78 is 68.6. The van der Waals surface area contributed by atoms with E-state index in [1.165, 1.54) is 0 Å².